The zero-order chi connectivity index (χ0) is 8.10. The van der Waals surface area contributed by atoms with E-state index in [1.807, 2.05) is 18.2 Å². The zero-order valence-electron chi connectivity index (χ0n) is 7.09. The van der Waals surface area contributed by atoms with Crippen LogP contribution in [0.5, 0.6) is 0 Å². The van der Waals surface area contributed by atoms with E-state index < -0.39 is 0 Å². The maximum absolute atomic E-state index is 3.31. The maximum Gasteiger partial charge on any atom is 0.0569 e. The summed E-state index contributed by atoms with van der Waals surface area (Å²) in [4.78, 5) is 0. The third-order valence-corrected chi connectivity index (χ3v) is 1.66. The summed E-state index contributed by atoms with van der Waals surface area (Å²) in [6, 6.07) is 11.5. The zero-order valence-corrected chi connectivity index (χ0v) is 7.09. The van der Waals surface area contributed by atoms with Crippen molar-refractivity contribution in [2.45, 2.75) is 20.3 Å². The lowest BCUT2D eigenvalue weighted by molar-refractivity contribution is 0.934. The molecule has 0 spiro atoms. The molecule has 1 aromatic rings. The average molecular weight is 148 g/mol. The Hall–Kier alpha value is -0.980. The van der Waals surface area contributed by atoms with Gasteiger partial charge in [-0.1, -0.05) is 25.1 Å². The maximum atomic E-state index is 3.31. The summed E-state index contributed by atoms with van der Waals surface area (Å²) in [5, 5.41) is 3.31. The predicted molar refractivity (Wildman–Crippen MR) is 49.3 cm³/mol. The lowest BCUT2D eigenvalue weighted by Gasteiger charge is -2.10. The lowest BCUT2D eigenvalue weighted by Crippen LogP contribution is -2.03. The summed E-state index contributed by atoms with van der Waals surface area (Å²) < 4.78 is 0. The van der Waals surface area contributed by atoms with E-state index in [-0.39, 0.29) is 0 Å². The first-order chi connectivity index (χ1) is 5.33. The van der Waals surface area contributed by atoms with Crippen molar-refractivity contribution in [2.75, 3.05) is 5.32 Å². The summed E-state index contributed by atoms with van der Waals surface area (Å²) in [6.07, 6.45) is 1.08. The monoisotopic (exact) mass is 148 g/mol. The van der Waals surface area contributed by atoms with Crippen LogP contribution in [0, 0.1) is 6.04 Å². The third-order valence-electron chi connectivity index (χ3n) is 1.66. The largest absolute Gasteiger partial charge is 0.378 e. The Labute approximate surface area is 68.4 Å². The Balaban J connectivity index is 2.51. The average Bonchev–Trinajstić information content (AvgIpc) is 2.06. The Morgan fingerprint density at radius 1 is 1.27 bits per heavy atom. The first kappa shape index (κ1) is 8.12. The van der Waals surface area contributed by atoms with Gasteiger partial charge in [-0.25, -0.2) is 0 Å². The molecule has 0 atom stereocenters. The number of para-hydroxylation sites is 1. The minimum Gasteiger partial charge on any atom is -0.378 e. The van der Waals surface area contributed by atoms with Gasteiger partial charge in [-0.3, -0.25) is 0 Å². The first-order valence-electron chi connectivity index (χ1n) is 3.97. The van der Waals surface area contributed by atoms with Crippen LogP contribution in [0.25, 0.3) is 0 Å². The molecule has 11 heavy (non-hydrogen) atoms. The number of nitrogens with one attached hydrogen (secondary N) is 1. The highest BCUT2D eigenvalue weighted by atomic mass is 14.9. The second-order valence-corrected chi connectivity index (χ2v) is 2.62. The molecule has 0 aliphatic rings. The van der Waals surface area contributed by atoms with E-state index >= 15 is 0 Å². The van der Waals surface area contributed by atoms with Crippen LogP contribution in [-0.4, -0.2) is 0 Å². The van der Waals surface area contributed by atoms with Crippen molar-refractivity contribution in [3.63, 3.8) is 0 Å². The smallest absolute Gasteiger partial charge is 0.0569 e. The van der Waals surface area contributed by atoms with Crippen molar-refractivity contribution >= 4 is 5.69 Å². The van der Waals surface area contributed by atoms with E-state index in [2.05, 4.69) is 31.3 Å². The molecule has 0 amide bonds. The fourth-order valence-electron chi connectivity index (χ4n) is 0.856. The van der Waals surface area contributed by atoms with Gasteiger partial charge in [0.25, 0.3) is 0 Å². The Morgan fingerprint density at radius 3 is 2.45 bits per heavy atom. The minimum absolute atomic E-state index is 1.08. The van der Waals surface area contributed by atoms with Crippen LogP contribution in [0.3, 0.4) is 0 Å². The number of benzene rings is 1. The second kappa shape index (κ2) is 4.02. The Kier molecular flexibility index (Phi) is 2.96. The van der Waals surface area contributed by atoms with Crippen LogP contribution in [0.4, 0.5) is 5.69 Å². The van der Waals surface area contributed by atoms with Gasteiger partial charge < -0.3 is 5.32 Å². The van der Waals surface area contributed by atoms with Gasteiger partial charge in [0, 0.05) is 5.69 Å². The van der Waals surface area contributed by atoms with Gasteiger partial charge in [-0.05, 0) is 25.5 Å². The van der Waals surface area contributed by atoms with E-state index in [0.29, 0.717) is 0 Å². The normalized spacial score (nSPS) is 10.1. The van der Waals surface area contributed by atoms with Crippen molar-refractivity contribution in [1.29, 1.82) is 0 Å². The van der Waals surface area contributed by atoms with E-state index in [1.54, 1.807) is 0 Å². The summed E-state index contributed by atoms with van der Waals surface area (Å²) >= 11 is 0. The Morgan fingerprint density at radius 2 is 1.91 bits per heavy atom. The first-order valence-corrected chi connectivity index (χ1v) is 3.97. The fraction of sp³-hybridized carbons (Fsp3) is 0.300. The predicted octanol–water partition coefficient (Wildman–Crippen LogP) is 3.06. The van der Waals surface area contributed by atoms with Crippen molar-refractivity contribution in [2.24, 2.45) is 0 Å². The van der Waals surface area contributed by atoms with Crippen molar-refractivity contribution in [3.8, 4) is 0 Å². The van der Waals surface area contributed by atoms with Gasteiger partial charge >= 0.3 is 0 Å². The van der Waals surface area contributed by atoms with Crippen molar-refractivity contribution in [1.82, 2.24) is 0 Å². The van der Waals surface area contributed by atoms with E-state index in [4.69, 9.17) is 0 Å². The Bertz CT molecular complexity index is 193. The van der Waals surface area contributed by atoms with Crippen molar-refractivity contribution in [3.05, 3.63) is 36.4 Å². The van der Waals surface area contributed by atoms with E-state index in [0.717, 1.165) is 6.42 Å². The lowest BCUT2D eigenvalue weighted by atomic mass is 10.2. The van der Waals surface area contributed by atoms with Gasteiger partial charge in [-0.2, -0.15) is 0 Å². The topological polar surface area (TPSA) is 12.0 Å². The van der Waals surface area contributed by atoms with Crippen LogP contribution < -0.4 is 5.32 Å². The molecule has 0 unspecified atom stereocenters. The highest BCUT2D eigenvalue weighted by Gasteiger charge is 1.96. The molecule has 1 radical (unpaired) electrons. The summed E-state index contributed by atoms with van der Waals surface area (Å²) in [5.41, 5.74) is 1.17. The molecule has 0 aromatic heterocycles. The van der Waals surface area contributed by atoms with Crippen molar-refractivity contribution < 1.29 is 0 Å². The quantitative estimate of drug-likeness (QED) is 0.694. The molecule has 0 bridgehead atoms. The number of anilines is 1. The molecule has 59 valence electrons. The van der Waals surface area contributed by atoms with Gasteiger partial charge in [0.1, 0.15) is 0 Å². The highest BCUT2D eigenvalue weighted by Crippen LogP contribution is 2.11. The number of hydrogen-bond acceptors (Lipinski definition) is 1. The van der Waals surface area contributed by atoms with E-state index in [9.17, 15) is 0 Å². The van der Waals surface area contributed by atoms with Gasteiger partial charge in [0.05, 0.1) is 6.04 Å². The van der Waals surface area contributed by atoms with Crippen LogP contribution >= 0.6 is 0 Å². The molecule has 1 heteroatoms. The third kappa shape index (κ3) is 2.62. The molecule has 1 rings (SSSR count). The minimum atomic E-state index is 1.08. The molecule has 1 N–H and O–H groups in total. The van der Waals surface area contributed by atoms with Crippen LogP contribution in [0.15, 0.2) is 30.3 Å². The molecule has 0 aliphatic carbocycles. The highest BCUT2D eigenvalue weighted by molar-refractivity contribution is 5.45. The molecule has 0 heterocycles. The second-order valence-electron chi connectivity index (χ2n) is 2.62. The standard InChI is InChI=1S/C10H14N/c1-3-9(2)11-10-7-5-4-6-8-10/h4-8,11H,3H2,1-2H3. The molecular formula is C10H14N. The van der Waals surface area contributed by atoms with Crippen LogP contribution in [-0.2, 0) is 0 Å². The SMILES string of the molecule is CC[C](C)Nc1ccccc1. The molecule has 0 saturated carbocycles. The van der Waals surface area contributed by atoms with Crippen LogP contribution in [0.2, 0.25) is 0 Å². The molecule has 1 aromatic carbocycles. The number of hydrogen-bond donors (Lipinski definition) is 1. The fourth-order valence-corrected chi connectivity index (χ4v) is 0.856. The van der Waals surface area contributed by atoms with Crippen LogP contribution in [0.1, 0.15) is 20.3 Å². The summed E-state index contributed by atoms with van der Waals surface area (Å²) in [6.45, 7) is 4.25. The molecule has 0 saturated heterocycles. The van der Waals surface area contributed by atoms with E-state index in [1.165, 1.54) is 11.7 Å². The molecule has 0 aliphatic heterocycles. The van der Waals surface area contributed by atoms with Gasteiger partial charge in [-0.15, -0.1) is 0 Å². The van der Waals surface area contributed by atoms with Gasteiger partial charge in [0.2, 0.25) is 0 Å². The molecule has 1 nitrogen and oxygen atoms in total. The summed E-state index contributed by atoms with van der Waals surface area (Å²) in [5.74, 6) is 0. The molecule has 0 fully saturated rings. The summed E-state index contributed by atoms with van der Waals surface area (Å²) in [7, 11) is 0. The number of rotatable bonds is 3. The van der Waals surface area contributed by atoms with Gasteiger partial charge in [0.15, 0.2) is 0 Å². The molecular weight excluding hydrogens is 134 g/mol.